The van der Waals surface area contributed by atoms with Gasteiger partial charge in [-0.25, -0.2) is 9.97 Å². The summed E-state index contributed by atoms with van der Waals surface area (Å²) in [6, 6.07) is 11.1. The Morgan fingerprint density at radius 3 is 2.30 bits per heavy atom. The fourth-order valence-corrected chi connectivity index (χ4v) is 10.9. The van der Waals surface area contributed by atoms with Crippen LogP contribution < -0.4 is 10.2 Å². The number of thiazole rings is 1. The molecule has 1 saturated heterocycles. The van der Waals surface area contributed by atoms with Crippen LogP contribution in [0.3, 0.4) is 0 Å². The number of pyridine rings is 1. The lowest BCUT2D eigenvalue weighted by Gasteiger charge is -2.57. The predicted octanol–water partition coefficient (Wildman–Crippen LogP) is 7.19. The number of rotatable bonds is 17. The van der Waals surface area contributed by atoms with E-state index in [0.717, 1.165) is 65.3 Å². The van der Waals surface area contributed by atoms with Gasteiger partial charge < -0.3 is 34.4 Å². The zero-order chi connectivity index (χ0) is 43.6. The van der Waals surface area contributed by atoms with Gasteiger partial charge in [0.05, 0.1) is 40.7 Å². The van der Waals surface area contributed by atoms with Crippen molar-refractivity contribution in [2.24, 2.45) is 16.2 Å². The number of unbranched alkanes of at least 4 members (excludes halogenated alkanes) is 2. The molecule has 0 spiro atoms. The van der Waals surface area contributed by atoms with Crippen molar-refractivity contribution in [3.8, 4) is 10.4 Å². The van der Waals surface area contributed by atoms with Gasteiger partial charge in [0.25, 0.3) is 5.91 Å². The second-order valence-electron chi connectivity index (χ2n) is 19.2. The van der Waals surface area contributed by atoms with Crippen LogP contribution in [0.15, 0.2) is 59.9 Å². The molecular formula is C47H67N7O5S. The Hall–Kier alpha value is -4.33. The highest BCUT2D eigenvalue weighted by atomic mass is 32.1. The molecule has 0 radical (unpaired) electrons. The number of nitrogens with zero attached hydrogens (tertiary/aromatic N) is 6. The number of amides is 3. The van der Waals surface area contributed by atoms with Crippen LogP contribution >= 0.6 is 11.3 Å². The molecule has 1 aliphatic carbocycles. The second-order valence-corrected chi connectivity index (χ2v) is 20.1. The number of hydrogen-bond acceptors (Lipinski definition) is 10. The van der Waals surface area contributed by atoms with Gasteiger partial charge in [0.2, 0.25) is 11.8 Å². The summed E-state index contributed by atoms with van der Waals surface area (Å²) in [7, 11) is 7.46. The van der Waals surface area contributed by atoms with Gasteiger partial charge in [-0.05, 0) is 66.7 Å². The Morgan fingerprint density at radius 2 is 1.68 bits per heavy atom. The third kappa shape index (κ3) is 9.89. The van der Waals surface area contributed by atoms with Crippen molar-refractivity contribution in [1.82, 2.24) is 30.0 Å². The first-order valence-corrected chi connectivity index (χ1v) is 22.3. The molecule has 2 aliphatic heterocycles. The molecule has 3 atom stereocenters. The van der Waals surface area contributed by atoms with Crippen molar-refractivity contribution in [2.75, 3.05) is 59.5 Å². The number of methoxy groups -OCH3 is 1. The van der Waals surface area contributed by atoms with Crippen LogP contribution in [-0.2, 0) is 25.6 Å². The van der Waals surface area contributed by atoms with Gasteiger partial charge in [0.1, 0.15) is 17.8 Å². The average molecular weight is 842 g/mol. The topological polar surface area (TPSA) is 120 Å². The third-order valence-corrected chi connectivity index (χ3v) is 13.9. The SMILES string of the molecule is CO[C@@H]1C[C@@H](C(=O)N(C)Cc2ccc(-c3scnc3C)cc2)N(C(=O)[C@H]2N(C)C(COCCCCCN(C)c3ccc(C(=O)NC4C(C)(C)CC4(C)C)nc3)=CC2(C)C)C1. The number of aryl methyl sites for hydroxylation is 1. The third-order valence-electron chi connectivity index (χ3n) is 12.9. The number of carbonyl (C=O) groups excluding carboxylic acids is 3. The lowest BCUT2D eigenvalue weighted by molar-refractivity contribution is -0.147. The molecule has 0 bridgehead atoms. The number of aromatic nitrogens is 2. The van der Waals surface area contributed by atoms with E-state index in [1.54, 1.807) is 34.4 Å². The van der Waals surface area contributed by atoms with E-state index in [-0.39, 0.29) is 40.7 Å². The van der Waals surface area contributed by atoms with Gasteiger partial charge in [0, 0.05) is 78.1 Å². The minimum Gasteiger partial charge on any atom is -0.380 e. The molecule has 3 aliphatic rings. The van der Waals surface area contributed by atoms with E-state index in [2.05, 4.69) is 92.1 Å². The highest BCUT2D eigenvalue weighted by molar-refractivity contribution is 7.13. The van der Waals surface area contributed by atoms with Crippen molar-refractivity contribution in [1.29, 1.82) is 0 Å². The summed E-state index contributed by atoms with van der Waals surface area (Å²) in [6.07, 6.45) is 8.17. The van der Waals surface area contributed by atoms with Crippen LogP contribution in [0, 0.1) is 23.2 Å². The molecule has 60 heavy (non-hydrogen) atoms. The smallest absolute Gasteiger partial charge is 0.270 e. The van der Waals surface area contributed by atoms with Crippen molar-refractivity contribution in [3.05, 3.63) is 76.8 Å². The summed E-state index contributed by atoms with van der Waals surface area (Å²) in [5.41, 5.74) is 7.11. The Kier molecular flexibility index (Phi) is 13.8. The molecule has 13 heteroatoms. The monoisotopic (exact) mass is 841 g/mol. The van der Waals surface area contributed by atoms with Crippen molar-refractivity contribution >= 4 is 34.7 Å². The summed E-state index contributed by atoms with van der Waals surface area (Å²) in [4.78, 5) is 59.1. The number of likely N-dealkylation sites (N-methyl/N-ethyl adjacent to an activating group) is 2. The molecule has 2 aromatic heterocycles. The normalized spacial score (nSPS) is 21.7. The summed E-state index contributed by atoms with van der Waals surface area (Å²) in [5.74, 6) is -0.269. The maximum Gasteiger partial charge on any atom is 0.270 e. The standard InChI is InChI=1S/C47H67N7O5S/c1-31-39(60-30-49-31)33-17-15-32(16-18-33)26-52(9)42(56)38-23-36(58-11)27-54(38)43(57)40-45(2,3)24-35(53(40)10)28-59-22-14-12-13-21-51(8)34-19-20-37(48-25-34)41(55)50-44-46(4,5)29-47(44,6)7/h15-20,24-25,30,36,38,40,44H,12-14,21-23,26-29H2,1-11H3,(H,50,55)/t36-,38+,40-/m1/s1. The molecule has 3 amide bonds. The largest absolute Gasteiger partial charge is 0.380 e. The molecule has 1 saturated carbocycles. The number of benzene rings is 1. The summed E-state index contributed by atoms with van der Waals surface area (Å²) >= 11 is 1.62. The highest BCUT2D eigenvalue weighted by Crippen LogP contribution is 2.53. The van der Waals surface area contributed by atoms with Gasteiger partial charge in [-0.15, -0.1) is 11.3 Å². The lowest BCUT2D eigenvalue weighted by atomic mass is 9.52. The average Bonchev–Trinajstić information content (AvgIpc) is 3.90. The minimum absolute atomic E-state index is 0.0664. The number of nitrogens with one attached hydrogen (secondary N) is 1. The van der Waals surface area contributed by atoms with Crippen LogP contribution in [0.5, 0.6) is 0 Å². The molecule has 12 nitrogen and oxygen atoms in total. The molecule has 326 valence electrons. The molecule has 2 fully saturated rings. The van der Waals surface area contributed by atoms with E-state index < -0.39 is 17.5 Å². The first-order chi connectivity index (χ1) is 28.3. The Balaban J connectivity index is 0.938. The van der Waals surface area contributed by atoms with Crippen molar-refractivity contribution in [2.45, 2.75) is 111 Å². The van der Waals surface area contributed by atoms with Gasteiger partial charge in [0.15, 0.2) is 0 Å². The van der Waals surface area contributed by atoms with Crippen molar-refractivity contribution < 1.29 is 23.9 Å². The van der Waals surface area contributed by atoms with Crippen molar-refractivity contribution in [3.63, 3.8) is 0 Å². The first kappa shape index (κ1) is 45.2. The number of carbonyl (C=O) groups is 3. The molecule has 6 rings (SSSR count). The van der Waals surface area contributed by atoms with Gasteiger partial charge in [-0.1, -0.05) is 71.9 Å². The molecule has 3 aromatic rings. The van der Waals surface area contributed by atoms with E-state index in [4.69, 9.17) is 9.47 Å². The molecule has 0 unspecified atom stereocenters. The van der Waals surface area contributed by atoms with Gasteiger partial charge in [-0.3, -0.25) is 14.4 Å². The number of anilines is 1. The molecule has 4 heterocycles. The van der Waals surface area contributed by atoms with E-state index in [9.17, 15) is 14.4 Å². The van der Waals surface area contributed by atoms with E-state index in [1.807, 2.05) is 50.6 Å². The Morgan fingerprint density at radius 1 is 0.967 bits per heavy atom. The highest BCUT2D eigenvalue weighted by Gasteiger charge is 2.54. The lowest BCUT2D eigenvalue weighted by Crippen LogP contribution is -2.63. The molecule has 1 aromatic carbocycles. The maximum absolute atomic E-state index is 14.5. The van der Waals surface area contributed by atoms with Crippen LogP contribution in [0.2, 0.25) is 0 Å². The fraction of sp³-hybridized carbons (Fsp3) is 0.596. The second kappa shape index (κ2) is 18.3. The molecular weight excluding hydrogens is 775 g/mol. The first-order valence-electron chi connectivity index (χ1n) is 21.4. The maximum atomic E-state index is 14.5. The summed E-state index contributed by atoms with van der Waals surface area (Å²) in [6.45, 7) is 17.7. The van der Waals surface area contributed by atoms with Crippen LogP contribution in [-0.4, -0.2) is 121 Å². The Bertz CT molecular complexity index is 2000. The zero-order valence-electron chi connectivity index (χ0n) is 37.7. The van der Waals surface area contributed by atoms with E-state index in [1.165, 1.54) is 0 Å². The van der Waals surface area contributed by atoms with Gasteiger partial charge in [-0.2, -0.15) is 0 Å². The van der Waals surface area contributed by atoms with E-state index >= 15 is 0 Å². The number of hydrogen-bond donors (Lipinski definition) is 1. The summed E-state index contributed by atoms with van der Waals surface area (Å²) < 4.78 is 11.9. The van der Waals surface area contributed by atoms with Crippen LogP contribution in [0.25, 0.3) is 10.4 Å². The quantitative estimate of drug-likeness (QED) is 0.141. The van der Waals surface area contributed by atoms with Crippen LogP contribution in [0.1, 0.15) is 95.4 Å². The van der Waals surface area contributed by atoms with Gasteiger partial charge >= 0.3 is 0 Å². The Labute approximate surface area is 361 Å². The minimum atomic E-state index is -0.602. The van der Waals surface area contributed by atoms with E-state index in [0.29, 0.717) is 38.4 Å². The van der Waals surface area contributed by atoms with Crippen LogP contribution in [0.4, 0.5) is 5.69 Å². The molecule has 1 N–H and O–H groups in total. The predicted molar refractivity (Wildman–Crippen MR) is 239 cm³/mol. The summed E-state index contributed by atoms with van der Waals surface area (Å²) in [5, 5.41) is 3.22. The number of ether oxygens (including phenoxy) is 2. The number of likely N-dealkylation sites (tertiary alicyclic amines) is 1. The fourth-order valence-electron chi connectivity index (χ4n) is 10.1. The zero-order valence-corrected chi connectivity index (χ0v) is 38.5.